The molecule has 5 nitrogen and oxygen atoms in total. The number of halogens is 1. The van der Waals surface area contributed by atoms with E-state index >= 15 is 0 Å². The van der Waals surface area contributed by atoms with E-state index in [4.69, 9.17) is 4.74 Å². The predicted octanol–water partition coefficient (Wildman–Crippen LogP) is 4.13. The molecular weight excluding hydrogens is 519 g/mol. The first-order valence-corrected chi connectivity index (χ1v) is 11.6. The molecule has 1 aliphatic carbocycles. The lowest BCUT2D eigenvalue weighted by Crippen LogP contribution is -2.40. The summed E-state index contributed by atoms with van der Waals surface area (Å²) in [5.41, 5.74) is 2.63. The SMILES string of the molecule is CN=C(NCc1ccc(CN2CCOCC2)cc1)NCC1(Sc2ccccc2)CC1.I. The van der Waals surface area contributed by atoms with Gasteiger partial charge in [-0.15, -0.1) is 35.7 Å². The average Bonchev–Trinajstić information content (AvgIpc) is 3.56. The smallest absolute Gasteiger partial charge is 0.191 e. The first-order chi connectivity index (χ1) is 14.7. The van der Waals surface area contributed by atoms with E-state index in [-0.39, 0.29) is 24.0 Å². The van der Waals surface area contributed by atoms with Crippen LogP contribution in [0.1, 0.15) is 24.0 Å². The van der Waals surface area contributed by atoms with Gasteiger partial charge in [0.2, 0.25) is 0 Å². The maximum atomic E-state index is 5.43. The molecule has 2 fully saturated rings. The number of hydrogen-bond donors (Lipinski definition) is 2. The molecule has 0 spiro atoms. The van der Waals surface area contributed by atoms with Crippen LogP contribution in [0.15, 0.2) is 64.5 Å². The molecule has 7 heteroatoms. The molecule has 0 aromatic heterocycles. The van der Waals surface area contributed by atoms with Crippen molar-refractivity contribution < 1.29 is 4.74 Å². The molecule has 0 radical (unpaired) electrons. The van der Waals surface area contributed by atoms with Gasteiger partial charge in [-0.1, -0.05) is 42.5 Å². The fraction of sp³-hybridized carbons (Fsp3) is 0.458. The van der Waals surface area contributed by atoms with Crippen LogP contribution in [0.25, 0.3) is 0 Å². The minimum absolute atomic E-state index is 0. The summed E-state index contributed by atoms with van der Waals surface area (Å²) in [5.74, 6) is 0.868. The van der Waals surface area contributed by atoms with Gasteiger partial charge >= 0.3 is 0 Å². The van der Waals surface area contributed by atoms with Gasteiger partial charge in [-0.2, -0.15) is 0 Å². The second-order valence-electron chi connectivity index (χ2n) is 8.08. The number of nitrogens with one attached hydrogen (secondary N) is 2. The van der Waals surface area contributed by atoms with E-state index in [1.165, 1.54) is 28.9 Å². The van der Waals surface area contributed by atoms with Gasteiger partial charge in [-0.3, -0.25) is 9.89 Å². The van der Waals surface area contributed by atoms with Crippen molar-refractivity contribution in [1.29, 1.82) is 0 Å². The first kappa shape index (κ1) is 24.4. The summed E-state index contributed by atoms with van der Waals surface area (Å²) >= 11 is 1.98. The number of hydrogen-bond acceptors (Lipinski definition) is 4. The Morgan fingerprint density at radius 2 is 1.68 bits per heavy atom. The van der Waals surface area contributed by atoms with Gasteiger partial charge in [0.25, 0.3) is 0 Å². The molecule has 2 N–H and O–H groups in total. The number of aliphatic imine (C=N–C) groups is 1. The van der Waals surface area contributed by atoms with Crippen LogP contribution in [0.3, 0.4) is 0 Å². The van der Waals surface area contributed by atoms with Crippen LogP contribution in [0.4, 0.5) is 0 Å². The van der Waals surface area contributed by atoms with Crippen LogP contribution >= 0.6 is 35.7 Å². The zero-order valence-electron chi connectivity index (χ0n) is 18.2. The molecular formula is C24H33IN4OS. The predicted molar refractivity (Wildman–Crippen MR) is 140 cm³/mol. The second kappa shape index (κ2) is 12.1. The summed E-state index contributed by atoms with van der Waals surface area (Å²) in [6, 6.07) is 19.6. The van der Waals surface area contributed by atoms with Crippen molar-refractivity contribution in [2.24, 2.45) is 4.99 Å². The fourth-order valence-electron chi connectivity index (χ4n) is 3.62. The van der Waals surface area contributed by atoms with Crippen molar-refractivity contribution >= 4 is 41.7 Å². The van der Waals surface area contributed by atoms with Gasteiger partial charge in [0, 0.05) is 49.4 Å². The molecule has 31 heavy (non-hydrogen) atoms. The van der Waals surface area contributed by atoms with E-state index in [0.29, 0.717) is 4.75 Å². The maximum absolute atomic E-state index is 5.43. The summed E-state index contributed by atoms with van der Waals surface area (Å²) in [5, 5.41) is 6.98. The van der Waals surface area contributed by atoms with Gasteiger partial charge in [0.05, 0.1) is 13.2 Å². The molecule has 1 heterocycles. The Hall–Kier alpha value is -1.29. The summed E-state index contributed by atoms with van der Waals surface area (Å²) in [6.45, 7) is 6.45. The van der Waals surface area contributed by atoms with Crippen molar-refractivity contribution in [3.63, 3.8) is 0 Å². The topological polar surface area (TPSA) is 48.9 Å². The Morgan fingerprint density at radius 3 is 2.32 bits per heavy atom. The summed E-state index contributed by atoms with van der Waals surface area (Å²) in [7, 11) is 1.84. The third-order valence-electron chi connectivity index (χ3n) is 5.68. The van der Waals surface area contributed by atoms with Gasteiger partial charge in [-0.25, -0.2) is 0 Å². The highest BCUT2D eigenvalue weighted by atomic mass is 127. The minimum Gasteiger partial charge on any atom is -0.379 e. The molecule has 168 valence electrons. The number of nitrogens with zero attached hydrogens (tertiary/aromatic N) is 2. The molecule has 1 saturated heterocycles. The molecule has 2 aromatic rings. The number of ether oxygens (including phenoxy) is 1. The maximum Gasteiger partial charge on any atom is 0.191 e. The normalized spacial score (nSPS) is 18.2. The van der Waals surface area contributed by atoms with Crippen molar-refractivity contribution in [2.75, 3.05) is 39.9 Å². The van der Waals surface area contributed by atoms with Crippen LogP contribution in [0, 0.1) is 0 Å². The average molecular weight is 553 g/mol. The minimum atomic E-state index is 0. The number of rotatable bonds is 8. The Balaban J connectivity index is 0.00000272. The molecule has 0 amide bonds. The third-order valence-corrected chi connectivity index (χ3v) is 7.17. The van der Waals surface area contributed by atoms with E-state index in [1.54, 1.807) is 0 Å². The van der Waals surface area contributed by atoms with E-state index in [9.17, 15) is 0 Å². The Bertz CT molecular complexity index is 821. The van der Waals surface area contributed by atoms with E-state index in [1.807, 2.05) is 18.8 Å². The number of thioether (sulfide) groups is 1. The van der Waals surface area contributed by atoms with Crippen LogP contribution in [-0.2, 0) is 17.8 Å². The molecule has 4 rings (SSSR count). The van der Waals surface area contributed by atoms with Crippen molar-refractivity contribution in [3.05, 3.63) is 65.7 Å². The standard InChI is InChI=1S/C24H32N4OS.HI/c1-25-23(27-19-24(11-12-24)30-22-5-3-2-4-6-22)26-17-20-7-9-21(10-8-20)18-28-13-15-29-16-14-28;/h2-10H,11-19H2,1H3,(H2,25,26,27);1H. The van der Waals surface area contributed by atoms with Gasteiger partial charge < -0.3 is 15.4 Å². The van der Waals surface area contributed by atoms with Crippen molar-refractivity contribution in [1.82, 2.24) is 15.5 Å². The van der Waals surface area contributed by atoms with Gasteiger partial charge in [0.15, 0.2) is 5.96 Å². The molecule has 1 saturated carbocycles. The lowest BCUT2D eigenvalue weighted by Gasteiger charge is -2.26. The molecule has 0 bridgehead atoms. The quantitative estimate of drug-likeness (QED) is 0.293. The molecule has 0 unspecified atom stereocenters. The summed E-state index contributed by atoms with van der Waals surface area (Å²) < 4.78 is 5.73. The number of benzene rings is 2. The molecule has 2 aromatic carbocycles. The third kappa shape index (κ3) is 7.66. The van der Waals surface area contributed by atoms with E-state index in [0.717, 1.165) is 51.9 Å². The first-order valence-electron chi connectivity index (χ1n) is 10.8. The highest BCUT2D eigenvalue weighted by Gasteiger charge is 2.43. The monoisotopic (exact) mass is 552 g/mol. The zero-order valence-corrected chi connectivity index (χ0v) is 21.3. The van der Waals surface area contributed by atoms with E-state index < -0.39 is 0 Å². The Kier molecular flexibility index (Phi) is 9.49. The lowest BCUT2D eigenvalue weighted by molar-refractivity contribution is 0.0342. The van der Waals surface area contributed by atoms with E-state index in [2.05, 4.69) is 75.1 Å². The second-order valence-corrected chi connectivity index (χ2v) is 9.62. The van der Waals surface area contributed by atoms with Crippen molar-refractivity contribution in [3.8, 4) is 0 Å². The van der Waals surface area contributed by atoms with Crippen LogP contribution < -0.4 is 10.6 Å². The van der Waals surface area contributed by atoms with Gasteiger partial charge in [0.1, 0.15) is 0 Å². The van der Waals surface area contributed by atoms with Crippen LogP contribution in [0.5, 0.6) is 0 Å². The summed E-state index contributed by atoms with van der Waals surface area (Å²) in [4.78, 5) is 8.20. The number of guanidine groups is 1. The highest BCUT2D eigenvalue weighted by Crippen LogP contribution is 2.51. The molecule has 2 aliphatic rings. The number of morpholine rings is 1. The Morgan fingerprint density at radius 1 is 1.00 bits per heavy atom. The lowest BCUT2D eigenvalue weighted by atomic mass is 10.1. The summed E-state index contributed by atoms with van der Waals surface area (Å²) in [6.07, 6.45) is 2.50. The zero-order chi connectivity index (χ0) is 20.7. The molecule has 0 atom stereocenters. The van der Waals surface area contributed by atoms with Crippen LogP contribution in [-0.4, -0.2) is 55.5 Å². The largest absolute Gasteiger partial charge is 0.379 e. The van der Waals surface area contributed by atoms with Gasteiger partial charge in [-0.05, 0) is 36.1 Å². The highest BCUT2D eigenvalue weighted by molar-refractivity contribution is 14.0. The van der Waals surface area contributed by atoms with Crippen LogP contribution in [0.2, 0.25) is 0 Å². The molecule has 1 aliphatic heterocycles. The Labute approximate surface area is 207 Å². The fourth-order valence-corrected chi connectivity index (χ4v) is 4.87. The van der Waals surface area contributed by atoms with Crippen molar-refractivity contribution in [2.45, 2.75) is 35.6 Å².